The second kappa shape index (κ2) is 6.23. The molecule has 0 aromatic carbocycles. The number of anilines is 2. The Bertz CT molecular complexity index is 381. The molecule has 0 fully saturated rings. The standard InChI is InChI=1S/C11H17N3OS/c1-3-4-5-6-14-11-10(15-2)9(13)8(7-12)16-11/h14H,3-6,13H2,1-2H3. The minimum Gasteiger partial charge on any atom is -0.492 e. The fourth-order valence-corrected chi connectivity index (χ4v) is 2.32. The summed E-state index contributed by atoms with van der Waals surface area (Å²) in [6.45, 7) is 3.05. The Morgan fingerprint density at radius 3 is 2.81 bits per heavy atom. The third-order valence-corrected chi connectivity index (χ3v) is 3.32. The summed E-state index contributed by atoms with van der Waals surface area (Å²) < 4.78 is 5.19. The van der Waals surface area contributed by atoms with E-state index in [1.165, 1.54) is 24.2 Å². The SMILES string of the molecule is CCCCCNc1sc(C#N)c(N)c1OC. The molecule has 1 heterocycles. The summed E-state index contributed by atoms with van der Waals surface area (Å²) in [4.78, 5) is 0.509. The number of methoxy groups -OCH3 is 1. The molecule has 0 bridgehead atoms. The number of nitrogen functional groups attached to an aromatic ring is 1. The number of hydrogen-bond acceptors (Lipinski definition) is 5. The third-order valence-electron chi connectivity index (χ3n) is 2.27. The normalized spacial score (nSPS) is 9.81. The summed E-state index contributed by atoms with van der Waals surface area (Å²) in [7, 11) is 1.57. The first-order chi connectivity index (χ1) is 7.74. The highest BCUT2D eigenvalue weighted by Gasteiger charge is 2.15. The van der Waals surface area contributed by atoms with Gasteiger partial charge in [-0.25, -0.2) is 0 Å². The first-order valence-electron chi connectivity index (χ1n) is 5.34. The molecule has 0 radical (unpaired) electrons. The topological polar surface area (TPSA) is 71.1 Å². The maximum absolute atomic E-state index is 8.86. The van der Waals surface area contributed by atoms with E-state index in [-0.39, 0.29) is 0 Å². The number of rotatable bonds is 6. The molecule has 88 valence electrons. The van der Waals surface area contributed by atoms with Gasteiger partial charge in [-0.15, -0.1) is 11.3 Å². The van der Waals surface area contributed by atoms with Crippen LogP contribution >= 0.6 is 11.3 Å². The first-order valence-corrected chi connectivity index (χ1v) is 6.16. The molecule has 16 heavy (non-hydrogen) atoms. The van der Waals surface area contributed by atoms with Crippen molar-refractivity contribution in [3.8, 4) is 11.8 Å². The molecule has 1 rings (SSSR count). The zero-order valence-electron chi connectivity index (χ0n) is 9.67. The number of nitrogens with zero attached hydrogens (tertiary/aromatic N) is 1. The van der Waals surface area contributed by atoms with Gasteiger partial charge >= 0.3 is 0 Å². The number of unbranched alkanes of at least 4 members (excludes halogenated alkanes) is 2. The van der Waals surface area contributed by atoms with Crippen LogP contribution in [0.25, 0.3) is 0 Å². The Labute approximate surface area is 100 Å². The van der Waals surface area contributed by atoms with Gasteiger partial charge in [0.25, 0.3) is 0 Å². The Morgan fingerprint density at radius 1 is 1.50 bits per heavy atom. The van der Waals surface area contributed by atoms with Gasteiger partial charge in [-0.05, 0) is 6.42 Å². The van der Waals surface area contributed by atoms with Crippen molar-refractivity contribution in [3.05, 3.63) is 4.88 Å². The lowest BCUT2D eigenvalue weighted by atomic mass is 10.2. The second-order valence-electron chi connectivity index (χ2n) is 3.45. The van der Waals surface area contributed by atoms with Crippen molar-refractivity contribution in [1.29, 1.82) is 5.26 Å². The molecule has 0 spiro atoms. The van der Waals surface area contributed by atoms with Crippen LogP contribution in [0.4, 0.5) is 10.7 Å². The lowest BCUT2D eigenvalue weighted by Gasteiger charge is -2.06. The Balaban J connectivity index is 2.68. The summed E-state index contributed by atoms with van der Waals surface area (Å²) >= 11 is 1.35. The molecule has 0 saturated carbocycles. The van der Waals surface area contributed by atoms with Crippen LogP contribution in [-0.2, 0) is 0 Å². The zero-order chi connectivity index (χ0) is 12.0. The van der Waals surface area contributed by atoms with E-state index in [4.69, 9.17) is 15.7 Å². The number of hydrogen-bond donors (Lipinski definition) is 2. The zero-order valence-corrected chi connectivity index (χ0v) is 10.5. The lowest BCUT2D eigenvalue weighted by Crippen LogP contribution is -2.01. The van der Waals surface area contributed by atoms with Crippen LogP contribution < -0.4 is 15.8 Å². The van der Waals surface area contributed by atoms with Crippen molar-refractivity contribution >= 4 is 22.0 Å². The van der Waals surface area contributed by atoms with Crippen molar-refractivity contribution in [1.82, 2.24) is 0 Å². The molecule has 1 aromatic heterocycles. The van der Waals surface area contributed by atoms with Crippen molar-refractivity contribution < 1.29 is 4.74 Å². The Hall–Kier alpha value is -1.41. The molecule has 0 aliphatic heterocycles. The van der Waals surface area contributed by atoms with Gasteiger partial charge in [-0.3, -0.25) is 0 Å². The van der Waals surface area contributed by atoms with E-state index in [1.54, 1.807) is 7.11 Å². The number of nitriles is 1. The van der Waals surface area contributed by atoms with Crippen LogP contribution in [0.2, 0.25) is 0 Å². The van der Waals surface area contributed by atoms with Crippen LogP contribution in [0.1, 0.15) is 31.1 Å². The molecule has 1 aromatic rings. The molecule has 0 aliphatic carbocycles. The molecule has 0 saturated heterocycles. The maximum Gasteiger partial charge on any atom is 0.177 e. The van der Waals surface area contributed by atoms with Gasteiger partial charge in [-0.2, -0.15) is 5.26 Å². The summed E-state index contributed by atoms with van der Waals surface area (Å²) in [5, 5.41) is 13.0. The van der Waals surface area contributed by atoms with E-state index in [9.17, 15) is 0 Å². The highest BCUT2D eigenvalue weighted by Crippen LogP contribution is 2.41. The van der Waals surface area contributed by atoms with Crippen LogP contribution in [-0.4, -0.2) is 13.7 Å². The Kier molecular flexibility index (Phi) is 4.93. The summed E-state index contributed by atoms with van der Waals surface area (Å²) in [6, 6.07) is 2.07. The fraction of sp³-hybridized carbons (Fsp3) is 0.545. The molecule has 0 amide bonds. The van der Waals surface area contributed by atoms with Gasteiger partial charge in [0.05, 0.1) is 7.11 Å². The highest BCUT2D eigenvalue weighted by molar-refractivity contribution is 7.17. The van der Waals surface area contributed by atoms with E-state index >= 15 is 0 Å². The monoisotopic (exact) mass is 239 g/mol. The number of ether oxygens (including phenoxy) is 1. The van der Waals surface area contributed by atoms with Crippen LogP contribution in [0.3, 0.4) is 0 Å². The second-order valence-corrected chi connectivity index (χ2v) is 4.47. The van der Waals surface area contributed by atoms with E-state index in [0.717, 1.165) is 18.0 Å². The van der Waals surface area contributed by atoms with Crippen molar-refractivity contribution in [3.63, 3.8) is 0 Å². The van der Waals surface area contributed by atoms with Crippen LogP contribution in [0, 0.1) is 11.3 Å². The molecule has 0 aliphatic rings. The maximum atomic E-state index is 8.86. The number of nitrogens with one attached hydrogen (secondary N) is 1. The minimum absolute atomic E-state index is 0.438. The Morgan fingerprint density at radius 2 is 2.25 bits per heavy atom. The highest BCUT2D eigenvalue weighted by atomic mass is 32.1. The predicted molar refractivity (Wildman–Crippen MR) is 68.0 cm³/mol. The number of nitrogens with two attached hydrogens (primary N) is 1. The summed E-state index contributed by atoms with van der Waals surface area (Å²) in [5.74, 6) is 0.595. The smallest absolute Gasteiger partial charge is 0.177 e. The lowest BCUT2D eigenvalue weighted by molar-refractivity contribution is 0.420. The minimum atomic E-state index is 0.438. The first kappa shape index (κ1) is 12.7. The molecule has 0 atom stereocenters. The molecular weight excluding hydrogens is 222 g/mol. The van der Waals surface area contributed by atoms with Crippen molar-refractivity contribution in [2.45, 2.75) is 26.2 Å². The van der Waals surface area contributed by atoms with Gasteiger partial charge in [0.15, 0.2) is 5.75 Å². The molecule has 4 nitrogen and oxygen atoms in total. The summed E-state index contributed by atoms with van der Waals surface area (Å²) in [5.41, 5.74) is 6.22. The van der Waals surface area contributed by atoms with Crippen LogP contribution in [0.15, 0.2) is 0 Å². The average molecular weight is 239 g/mol. The van der Waals surface area contributed by atoms with Crippen LogP contribution in [0.5, 0.6) is 5.75 Å². The predicted octanol–water partition coefficient (Wildman–Crippen LogP) is 2.81. The molecule has 0 unspecified atom stereocenters. The van der Waals surface area contributed by atoms with E-state index in [1.807, 2.05) is 0 Å². The molecular formula is C11H17N3OS. The number of thiophene rings is 1. The largest absolute Gasteiger partial charge is 0.492 e. The quantitative estimate of drug-likeness (QED) is 0.749. The fourth-order valence-electron chi connectivity index (χ4n) is 1.41. The van der Waals surface area contributed by atoms with Gasteiger partial charge in [0, 0.05) is 6.54 Å². The van der Waals surface area contributed by atoms with Crippen molar-refractivity contribution in [2.75, 3.05) is 24.7 Å². The van der Waals surface area contributed by atoms with E-state index in [2.05, 4.69) is 18.3 Å². The summed E-state index contributed by atoms with van der Waals surface area (Å²) in [6.07, 6.45) is 3.50. The van der Waals surface area contributed by atoms with Gasteiger partial charge in [-0.1, -0.05) is 19.8 Å². The third kappa shape index (κ3) is 2.80. The molecule has 5 heteroatoms. The average Bonchev–Trinajstić information content (AvgIpc) is 2.60. The van der Waals surface area contributed by atoms with Gasteiger partial charge in [0.2, 0.25) is 0 Å². The van der Waals surface area contributed by atoms with Gasteiger partial charge in [0.1, 0.15) is 21.6 Å². The van der Waals surface area contributed by atoms with Crippen molar-refractivity contribution in [2.24, 2.45) is 0 Å². The van der Waals surface area contributed by atoms with E-state index < -0.39 is 0 Å². The van der Waals surface area contributed by atoms with Gasteiger partial charge < -0.3 is 15.8 Å². The van der Waals surface area contributed by atoms with E-state index in [0.29, 0.717) is 16.3 Å². The molecule has 3 N–H and O–H groups in total.